The zero-order chi connectivity index (χ0) is 19.4. The molecule has 2 aromatic rings. The average molecular weight is 368 g/mol. The van der Waals surface area contributed by atoms with Crippen molar-refractivity contribution in [2.24, 2.45) is 10.2 Å². The van der Waals surface area contributed by atoms with E-state index >= 15 is 0 Å². The Morgan fingerprint density at radius 3 is 2.70 bits per heavy atom. The lowest BCUT2D eigenvalue weighted by Gasteiger charge is -2.16. The van der Waals surface area contributed by atoms with Gasteiger partial charge >= 0.3 is 0 Å². The number of rotatable bonds is 5. The summed E-state index contributed by atoms with van der Waals surface area (Å²) < 4.78 is 11.8. The number of pyridine rings is 1. The Labute approximate surface area is 156 Å². The molecule has 3 rings (SSSR count). The van der Waals surface area contributed by atoms with Crippen molar-refractivity contribution >= 4 is 11.4 Å². The molecule has 1 aromatic carbocycles. The Morgan fingerprint density at radius 1 is 1.37 bits per heavy atom. The zero-order valence-electron chi connectivity index (χ0n) is 15.2. The lowest BCUT2D eigenvalue weighted by Crippen LogP contribution is -2.27. The van der Waals surface area contributed by atoms with Crippen LogP contribution < -0.4 is 10.3 Å². The monoisotopic (exact) mass is 368 g/mol. The van der Waals surface area contributed by atoms with Crippen LogP contribution in [0.1, 0.15) is 24.0 Å². The lowest BCUT2D eigenvalue weighted by atomic mass is 10.1. The van der Waals surface area contributed by atoms with Gasteiger partial charge in [0.05, 0.1) is 25.4 Å². The quantitative estimate of drug-likeness (QED) is 0.814. The number of hydrogen-bond acceptors (Lipinski definition) is 7. The van der Waals surface area contributed by atoms with E-state index in [9.17, 15) is 15.2 Å². The number of aromatic hydroxyl groups is 1. The van der Waals surface area contributed by atoms with Crippen LogP contribution >= 0.6 is 0 Å². The minimum absolute atomic E-state index is 0.0104. The van der Waals surface area contributed by atoms with Crippen molar-refractivity contribution in [1.82, 2.24) is 4.57 Å². The normalized spacial score (nSPS) is 16.6. The first-order valence-electron chi connectivity index (χ1n) is 8.59. The van der Waals surface area contributed by atoms with Crippen molar-refractivity contribution in [2.45, 2.75) is 32.4 Å². The molecule has 0 saturated carbocycles. The number of hydrogen-bond donors (Lipinski definition) is 1. The molecular weight excluding hydrogens is 348 g/mol. The van der Waals surface area contributed by atoms with E-state index in [-0.39, 0.29) is 29.8 Å². The van der Waals surface area contributed by atoms with Gasteiger partial charge in [-0.25, -0.2) is 0 Å². The second-order valence-corrected chi connectivity index (χ2v) is 6.23. The van der Waals surface area contributed by atoms with Gasteiger partial charge in [0.2, 0.25) is 5.88 Å². The molecule has 2 heterocycles. The highest BCUT2D eigenvalue weighted by Gasteiger charge is 2.23. The molecule has 1 N–H and O–H groups in total. The maximum absolute atomic E-state index is 12.9. The van der Waals surface area contributed by atoms with Crippen LogP contribution in [0, 0.1) is 18.3 Å². The molecular formula is C19H20N4O4. The molecule has 1 unspecified atom stereocenters. The molecule has 27 heavy (non-hydrogen) atoms. The zero-order valence-corrected chi connectivity index (χ0v) is 15.2. The number of nitrogens with zero attached hydrogens (tertiary/aromatic N) is 4. The lowest BCUT2D eigenvalue weighted by molar-refractivity contribution is 0.0939. The largest absolute Gasteiger partial charge is 0.497 e. The van der Waals surface area contributed by atoms with Gasteiger partial charge in [-0.3, -0.25) is 9.36 Å². The van der Waals surface area contributed by atoms with Crippen molar-refractivity contribution in [1.29, 1.82) is 5.26 Å². The maximum atomic E-state index is 12.9. The fraction of sp³-hybridized carbons (Fsp3) is 0.368. The highest BCUT2D eigenvalue weighted by molar-refractivity contribution is 5.56. The number of aromatic nitrogens is 1. The fourth-order valence-corrected chi connectivity index (χ4v) is 2.98. The second kappa shape index (κ2) is 8.01. The molecule has 1 saturated heterocycles. The Morgan fingerprint density at radius 2 is 2.11 bits per heavy atom. The summed E-state index contributed by atoms with van der Waals surface area (Å²) in [5, 5.41) is 27.9. The van der Waals surface area contributed by atoms with Gasteiger partial charge in [0.25, 0.3) is 5.56 Å². The van der Waals surface area contributed by atoms with Crippen molar-refractivity contribution in [3.8, 4) is 17.7 Å². The molecule has 140 valence electrons. The summed E-state index contributed by atoms with van der Waals surface area (Å²) in [6.45, 7) is 2.37. The highest BCUT2D eigenvalue weighted by atomic mass is 16.5. The standard InChI is InChI=1S/C19H20N4O4/c1-12-16(10-20)18(24)23(11-15-4-3-9-27-15)19(25)17(12)22-21-13-5-7-14(26-2)8-6-13/h5-8,15,24H,3-4,9,11H2,1-2H3. The molecule has 1 atom stereocenters. The molecule has 0 amide bonds. The highest BCUT2D eigenvalue weighted by Crippen LogP contribution is 2.28. The van der Waals surface area contributed by atoms with Crippen LogP contribution in [-0.4, -0.2) is 29.5 Å². The topological polar surface area (TPSA) is 109 Å². The van der Waals surface area contributed by atoms with E-state index < -0.39 is 5.56 Å². The molecule has 1 aromatic heterocycles. The van der Waals surface area contributed by atoms with Gasteiger partial charge in [0, 0.05) is 12.2 Å². The minimum atomic E-state index is -0.503. The van der Waals surface area contributed by atoms with Gasteiger partial charge in [-0.2, -0.15) is 10.4 Å². The van der Waals surface area contributed by atoms with Gasteiger partial charge in [0.15, 0.2) is 5.69 Å². The Bertz CT molecular complexity index is 952. The number of nitriles is 1. The van der Waals surface area contributed by atoms with Crippen LogP contribution in [0.4, 0.5) is 11.4 Å². The molecule has 0 radical (unpaired) electrons. The molecule has 1 aliphatic heterocycles. The molecule has 8 heteroatoms. The number of methoxy groups -OCH3 is 1. The van der Waals surface area contributed by atoms with Crippen molar-refractivity contribution in [3.05, 3.63) is 45.7 Å². The summed E-state index contributed by atoms with van der Waals surface area (Å²) in [7, 11) is 1.57. The molecule has 0 aliphatic carbocycles. The van der Waals surface area contributed by atoms with Crippen LogP contribution in [0.3, 0.4) is 0 Å². The molecule has 0 spiro atoms. The van der Waals surface area contributed by atoms with Crippen LogP contribution in [0.15, 0.2) is 39.3 Å². The SMILES string of the molecule is COc1ccc(N=Nc2c(C)c(C#N)c(O)n(CC3CCCO3)c2=O)cc1. The smallest absolute Gasteiger partial charge is 0.281 e. The van der Waals surface area contributed by atoms with Gasteiger partial charge < -0.3 is 14.6 Å². The van der Waals surface area contributed by atoms with E-state index in [1.165, 1.54) is 0 Å². The third-order valence-corrected chi connectivity index (χ3v) is 4.52. The van der Waals surface area contributed by atoms with Crippen LogP contribution in [0.5, 0.6) is 11.6 Å². The predicted molar refractivity (Wildman–Crippen MR) is 98.0 cm³/mol. The van der Waals surface area contributed by atoms with Crippen LogP contribution in [0.25, 0.3) is 0 Å². The van der Waals surface area contributed by atoms with Crippen molar-refractivity contribution in [3.63, 3.8) is 0 Å². The number of ether oxygens (including phenoxy) is 2. The van der Waals surface area contributed by atoms with E-state index in [2.05, 4.69) is 10.2 Å². The van der Waals surface area contributed by atoms with Gasteiger partial charge in [-0.15, -0.1) is 5.11 Å². The van der Waals surface area contributed by atoms with Crippen LogP contribution in [0.2, 0.25) is 0 Å². The average Bonchev–Trinajstić information content (AvgIpc) is 3.19. The minimum Gasteiger partial charge on any atom is -0.497 e. The van der Waals surface area contributed by atoms with Crippen LogP contribution in [-0.2, 0) is 11.3 Å². The first-order chi connectivity index (χ1) is 13.0. The summed E-state index contributed by atoms with van der Waals surface area (Å²) in [5.74, 6) is 0.319. The summed E-state index contributed by atoms with van der Waals surface area (Å²) in [6.07, 6.45) is 1.53. The second-order valence-electron chi connectivity index (χ2n) is 6.23. The summed E-state index contributed by atoms with van der Waals surface area (Å²) >= 11 is 0. The van der Waals surface area contributed by atoms with E-state index in [1.807, 2.05) is 6.07 Å². The van der Waals surface area contributed by atoms with E-state index in [0.29, 0.717) is 23.6 Å². The van der Waals surface area contributed by atoms with Gasteiger partial charge in [-0.05, 0) is 44.0 Å². The Hall–Kier alpha value is -3.18. The fourth-order valence-electron chi connectivity index (χ4n) is 2.98. The molecule has 8 nitrogen and oxygen atoms in total. The van der Waals surface area contributed by atoms with Crippen molar-refractivity contribution in [2.75, 3.05) is 13.7 Å². The number of azo groups is 1. The van der Waals surface area contributed by atoms with Gasteiger partial charge in [0.1, 0.15) is 17.4 Å². The third-order valence-electron chi connectivity index (χ3n) is 4.52. The summed E-state index contributed by atoms with van der Waals surface area (Å²) in [6, 6.07) is 8.81. The van der Waals surface area contributed by atoms with E-state index in [1.54, 1.807) is 38.3 Å². The van der Waals surface area contributed by atoms with E-state index in [0.717, 1.165) is 17.4 Å². The maximum Gasteiger partial charge on any atom is 0.281 e. The van der Waals surface area contributed by atoms with E-state index in [4.69, 9.17) is 9.47 Å². The van der Waals surface area contributed by atoms with Gasteiger partial charge in [-0.1, -0.05) is 0 Å². The van der Waals surface area contributed by atoms with Crippen molar-refractivity contribution < 1.29 is 14.6 Å². The molecule has 1 aliphatic rings. The predicted octanol–water partition coefficient (Wildman–Crippen LogP) is 3.34. The summed E-state index contributed by atoms with van der Waals surface area (Å²) in [4.78, 5) is 12.9. The number of benzene rings is 1. The Balaban J connectivity index is 2.01. The molecule has 1 fully saturated rings. The first kappa shape index (κ1) is 18.6. The summed E-state index contributed by atoms with van der Waals surface area (Å²) in [5.41, 5.74) is 0.360. The first-order valence-corrected chi connectivity index (χ1v) is 8.59. The Kier molecular flexibility index (Phi) is 5.52. The molecule has 0 bridgehead atoms. The third kappa shape index (κ3) is 3.83.